The number of methoxy groups -OCH3 is 1. The van der Waals surface area contributed by atoms with Crippen LogP contribution in [0.3, 0.4) is 0 Å². The quantitative estimate of drug-likeness (QED) is 0.322. The van der Waals surface area contributed by atoms with Crippen molar-refractivity contribution in [2.75, 3.05) is 13.7 Å². The molecule has 0 aliphatic carbocycles. The lowest BCUT2D eigenvalue weighted by Crippen LogP contribution is -2.19. The second-order valence-electron chi connectivity index (χ2n) is 6.10. The van der Waals surface area contributed by atoms with Crippen molar-refractivity contribution in [3.63, 3.8) is 0 Å². The van der Waals surface area contributed by atoms with Gasteiger partial charge in [-0.1, -0.05) is 41.1 Å². The van der Waals surface area contributed by atoms with Crippen molar-refractivity contribution in [2.24, 2.45) is 4.99 Å². The molecule has 1 amide bonds. The summed E-state index contributed by atoms with van der Waals surface area (Å²) in [5, 5.41) is 12.4. The molecule has 2 aromatic carbocycles. The van der Waals surface area contributed by atoms with Gasteiger partial charge in [0.2, 0.25) is 0 Å². The van der Waals surface area contributed by atoms with Gasteiger partial charge in [-0.3, -0.25) is 14.9 Å². The third kappa shape index (κ3) is 3.69. The Balaban J connectivity index is 1.86. The number of aromatic nitrogens is 1. The minimum Gasteiger partial charge on any atom is -0.383 e. The summed E-state index contributed by atoms with van der Waals surface area (Å²) >= 11 is 8.99. The van der Waals surface area contributed by atoms with Crippen molar-refractivity contribution in [1.82, 2.24) is 4.57 Å². The lowest BCUT2D eigenvalue weighted by atomic mass is 10.2. The maximum atomic E-state index is 12.9. The molecule has 4 rings (SSSR count). The van der Waals surface area contributed by atoms with Crippen LogP contribution in [-0.4, -0.2) is 29.1 Å². The molecule has 4 aromatic rings. The molecule has 0 radical (unpaired) electrons. The van der Waals surface area contributed by atoms with E-state index < -0.39 is 10.8 Å². The van der Waals surface area contributed by atoms with E-state index in [1.54, 1.807) is 17.7 Å². The molecule has 0 saturated heterocycles. The Kier molecular flexibility index (Phi) is 5.46. The summed E-state index contributed by atoms with van der Waals surface area (Å²) in [7, 11) is 1.57. The fraction of sp³-hybridized carbons (Fsp3) is 0.158. The van der Waals surface area contributed by atoms with Crippen LogP contribution in [0.15, 0.2) is 47.5 Å². The van der Waals surface area contributed by atoms with Gasteiger partial charge >= 0.3 is 0 Å². The van der Waals surface area contributed by atoms with Crippen LogP contribution in [0, 0.1) is 10.1 Å². The number of benzene rings is 2. The molecule has 29 heavy (non-hydrogen) atoms. The van der Waals surface area contributed by atoms with Crippen molar-refractivity contribution in [1.29, 1.82) is 0 Å². The molecule has 2 heterocycles. The summed E-state index contributed by atoms with van der Waals surface area (Å²) < 4.78 is 8.61. The molecule has 0 saturated carbocycles. The molecular formula is C19H14ClN3O4S2. The maximum Gasteiger partial charge on any atom is 0.291 e. The van der Waals surface area contributed by atoms with Crippen LogP contribution < -0.4 is 4.80 Å². The average Bonchev–Trinajstić information content (AvgIpc) is 3.23. The van der Waals surface area contributed by atoms with Crippen LogP contribution in [0.2, 0.25) is 5.02 Å². The second kappa shape index (κ2) is 8.03. The predicted octanol–water partition coefficient (Wildman–Crippen LogP) is 4.87. The maximum absolute atomic E-state index is 12.9. The Bertz CT molecular complexity index is 1320. The van der Waals surface area contributed by atoms with E-state index in [0.717, 1.165) is 14.8 Å². The van der Waals surface area contributed by atoms with Gasteiger partial charge in [0.1, 0.15) is 4.88 Å². The highest BCUT2D eigenvalue weighted by Crippen LogP contribution is 2.35. The topological polar surface area (TPSA) is 86.7 Å². The summed E-state index contributed by atoms with van der Waals surface area (Å²) in [5.74, 6) is -0.441. The number of ether oxygens (including phenoxy) is 1. The van der Waals surface area contributed by atoms with Gasteiger partial charge in [0.05, 0.1) is 26.8 Å². The van der Waals surface area contributed by atoms with Crippen LogP contribution in [0.5, 0.6) is 0 Å². The summed E-state index contributed by atoms with van der Waals surface area (Å²) in [6.45, 7) is 0.781. The number of hydrogen-bond donors (Lipinski definition) is 0. The fourth-order valence-electron chi connectivity index (χ4n) is 2.94. The fourth-order valence-corrected chi connectivity index (χ4v) is 5.38. The molecule has 0 atom stereocenters. The van der Waals surface area contributed by atoms with Gasteiger partial charge in [-0.25, -0.2) is 0 Å². The van der Waals surface area contributed by atoms with Crippen LogP contribution in [0.1, 0.15) is 9.67 Å². The Morgan fingerprint density at radius 3 is 2.76 bits per heavy atom. The average molecular weight is 448 g/mol. The normalized spacial score (nSPS) is 12.1. The lowest BCUT2D eigenvalue weighted by Gasteiger charge is -2.04. The van der Waals surface area contributed by atoms with Gasteiger partial charge in [-0.2, -0.15) is 4.99 Å². The monoisotopic (exact) mass is 447 g/mol. The van der Waals surface area contributed by atoms with Crippen molar-refractivity contribution in [3.8, 4) is 0 Å². The zero-order valence-corrected chi connectivity index (χ0v) is 17.5. The number of carbonyl (C=O) groups excluding carboxylic acids is 1. The van der Waals surface area contributed by atoms with Crippen molar-refractivity contribution in [3.05, 3.63) is 67.3 Å². The van der Waals surface area contributed by atoms with Gasteiger partial charge in [-0.15, -0.1) is 11.3 Å². The molecule has 0 aliphatic rings. The van der Waals surface area contributed by atoms with E-state index in [0.29, 0.717) is 33.4 Å². The van der Waals surface area contributed by atoms with Crippen molar-refractivity contribution >= 4 is 66.2 Å². The van der Waals surface area contributed by atoms with Crippen LogP contribution >= 0.6 is 34.3 Å². The molecule has 148 valence electrons. The number of nitro benzene ring substituents is 1. The number of nitro groups is 1. The molecular weight excluding hydrogens is 434 g/mol. The van der Waals surface area contributed by atoms with E-state index in [1.807, 2.05) is 24.3 Å². The van der Waals surface area contributed by atoms with Crippen molar-refractivity contribution < 1.29 is 14.5 Å². The van der Waals surface area contributed by atoms with Crippen LogP contribution in [-0.2, 0) is 11.3 Å². The van der Waals surface area contributed by atoms with E-state index in [-0.39, 0.29) is 5.69 Å². The first-order chi connectivity index (χ1) is 14.0. The smallest absolute Gasteiger partial charge is 0.291 e. The van der Waals surface area contributed by atoms with Gasteiger partial charge in [0.15, 0.2) is 4.80 Å². The van der Waals surface area contributed by atoms with Crippen LogP contribution in [0.4, 0.5) is 5.69 Å². The first kappa shape index (κ1) is 19.7. The van der Waals surface area contributed by atoms with Gasteiger partial charge in [-0.05, 0) is 12.1 Å². The number of thiophene rings is 1. The summed E-state index contributed by atoms with van der Waals surface area (Å²) in [4.78, 5) is 28.7. The predicted molar refractivity (Wildman–Crippen MR) is 115 cm³/mol. The molecule has 0 N–H and O–H groups in total. The Morgan fingerprint density at radius 1 is 1.24 bits per heavy atom. The Labute approximate surface area is 177 Å². The molecule has 10 heteroatoms. The van der Waals surface area contributed by atoms with E-state index in [4.69, 9.17) is 16.3 Å². The number of thiazole rings is 1. The molecule has 0 spiro atoms. The molecule has 7 nitrogen and oxygen atoms in total. The molecule has 0 aliphatic heterocycles. The highest BCUT2D eigenvalue weighted by atomic mass is 35.5. The summed E-state index contributed by atoms with van der Waals surface area (Å²) in [5.41, 5.74) is 0.613. The number of fused-ring (bicyclic) bond motifs is 2. The second-order valence-corrected chi connectivity index (χ2v) is 8.54. The van der Waals surface area contributed by atoms with E-state index in [2.05, 4.69) is 4.99 Å². The first-order valence-corrected chi connectivity index (χ1v) is 10.5. The third-order valence-electron chi connectivity index (χ3n) is 4.32. The minimum absolute atomic E-state index is 0.0214. The van der Waals surface area contributed by atoms with E-state index in [9.17, 15) is 14.9 Å². The number of rotatable bonds is 5. The third-order valence-corrected chi connectivity index (χ3v) is 7.04. The number of halogens is 1. The number of non-ortho nitro benzene ring substituents is 1. The van der Waals surface area contributed by atoms with Crippen LogP contribution in [0.25, 0.3) is 20.3 Å². The number of carbonyl (C=O) groups is 1. The first-order valence-electron chi connectivity index (χ1n) is 8.52. The Morgan fingerprint density at radius 2 is 2.03 bits per heavy atom. The van der Waals surface area contributed by atoms with E-state index >= 15 is 0 Å². The zero-order chi connectivity index (χ0) is 20.5. The highest BCUT2D eigenvalue weighted by Gasteiger charge is 2.18. The zero-order valence-electron chi connectivity index (χ0n) is 15.1. The highest BCUT2D eigenvalue weighted by molar-refractivity contribution is 7.21. The number of hydrogen-bond acceptors (Lipinski definition) is 6. The Hall–Kier alpha value is -2.59. The largest absolute Gasteiger partial charge is 0.383 e. The van der Waals surface area contributed by atoms with E-state index in [1.165, 1.54) is 34.8 Å². The summed E-state index contributed by atoms with van der Waals surface area (Å²) in [6.07, 6.45) is 0. The van der Waals surface area contributed by atoms with Gasteiger partial charge in [0.25, 0.3) is 11.6 Å². The minimum atomic E-state index is -0.448. The SMILES string of the molecule is COCCn1c(=NC(=O)c2sc3ccccc3c2Cl)sc2ccc([N+](=O)[O-])cc21. The summed E-state index contributed by atoms with van der Waals surface area (Å²) in [6, 6.07) is 12.1. The molecule has 0 bridgehead atoms. The van der Waals surface area contributed by atoms with Gasteiger partial charge < -0.3 is 9.30 Å². The molecule has 0 fully saturated rings. The number of nitrogens with zero attached hydrogens (tertiary/aromatic N) is 3. The lowest BCUT2D eigenvalue weighted by molar-refractivity contribution is -0.384. The molecule has 2 aromatic heterocycles. The number of amides is 1. The standard InChI is InChI=1S/C19H14ClN3O4S2/c1-27-9-8-22-13-10-11(23(25)26)6-7-15(13)29-19(22)21-18(24)17-16(20)12-4-2-3-5-14(12)28-17/h2-7,10H,8-9H2,1H3. The molecule has 0 unspecified atom stereocenters. The van der Waals surface area contributed by atoms with Gasteiger partial charge in [0, 0.05) is 35.9 Å². The van der Waals surface area contributed by atoms with Crippen molar-refractivity contribution in [2.45, 2.75) is 6.54 Å².